The third-order valence-electron chi connectivity index (χ3n) is 10.7. The van der Waals surface area contributed by atoms with Crippen LogP contribution in [0.1, 0.15) is 61.1 Å². The van der Waals surface area contributed by atoms with E-state index in [1.54, 1.807) is 42.7 Å². The van der Waals surface area contributed by atoms with Gasteiger partial charge in [0.05, 0.1) is 42.7 Å². The van der Waals surface area contributed by atoms with E-state index in [0.717, 1.165) is 67.9 Å². The lowest BCUT2D eigenvalue weighted by molar-refractivity contribution is 0.387. The van der Waals surface area contributed by atoms with Gasteiger partial charge in [0.1, 0.15) is 34.5 Å². The molecule has 0 fully saturated rings. The van der Waals surface area contributed by atoms with Crippen LogP contribution in [0, 0.1) is 47.5 Å². The molecule has 0 saturated heterocycles. The quantitative estimate of drug-likeness (QED) is 0.177. The average Bonchev–Trinajstić information content (AvgIpc) is 3.22. The first-order valence-corrected chi connectivity index (χ1v) is 17.8. The lowest BCUT2D eigenvalue weighted by atomic mass is 10.1. The zero-order valence-electron chi connectivity index (χ0n) is 30.8. The number of rotatable bonds is 10. The minimum absolute atomic E-state index is 0.166. The standard InChI is InChI=1S/C39H52O6Si/c1-20-21(2)23(4)39(22(20)3)46(33-17-30(40-11)24(5)36(43-14)27(33)8,34-18-31(41-12)25(6)37(44-15)28(34)9)35-19-32(42-13)26(7)38(45-16)29(35)10/h17-19,22H,1-16H3. The van der Waals surface area contributed by atoms with Gasteiger partial charge in [0.2, 0.25) is 0 Å². The highest BCUT2D eigenvalue weighted by atomic mass is 28.3. The highest BCUT2D eigenvalue weighted by Crippen LogP contribution is 2.46. The fourth-order valence-corrected chi connectivity index (χ4v) is 14.6. The van der Waals surface area contributed by atoms with Gasteiger partial charge in [-0.2, -0.15) is 0 Å². The maximum absolute atomic E-state index is 6.18. The minimum atomic E-state index is -3.33. The van der Waals surface area contributed by atoms with E-state index in [9.17, 15) is 0 Å². The summed E-state index contributed by atoms with van der Waals surface area (Å²) < 4.78 is 36.9. The summed E-state index contributed by atoms with van der Waals surface area (Å²) in [6.07, 6.45) is 0. The van der Waals surface area contributed by atoms with E-state index < -0.39 is 8.07 Å². The first-order valence-electron chi connectivity index (χ1n) is 15.8. The van der Waals surface area contributed by atoms with E-state index >= 15 is 0 Å². The van der Waals surface area contributed by atoms with Crippen molar-refractivity contribution in [3.8, 4) is 34.5 Å². The molecule has 1 unspecified atom stereocenters. The van der Waals surface area contributed by atoms with Crippen LogP contribution in [-0.4, -0.2) is 50.7 Å². The molecule has 0 N–H and O–H groups in total. The Labute approximate surface area is 277 Å². The highest BCUT2D eigenvalue weighted by molar-refractivity contribution is 7.17. The molecule has 0 saturated carbocycles. The van der Waals surface area contributed by atoms with Crippen LogP contribution in [0.2, 0.25) is 0 Å². The molecule has 0 radical (unpaired) electrons. The van der Waals surface area contributed by atoms with Crippen molar-refractivity contribution >= 4 is 23.6 Å². The van der Waals surface area contributed by atoms with Crippen molar-refractivity contribution in [1.29, 1.82) is 0 Å². The molecule has 6 nitrogen and oxygen atoms in total. The summed E-state index contributed by atoms with van der Waals surface area (Å²) in [6.45, 7) is 21.9. The zero-order valence-corrected chi connectivity index (χ0v) is 31.8. The number of hydrogen-bond acceptors (Lipinski definition) is 6. The van der Waals surface area contributed by atoms with Crippen molar-refractivity contribution in [3.63, 3.8) is 0 Å². The van der Waals surface area contributed by atoms with Gasteiger partial charge in [-0.1, -0.05) is 23.3 Å². The Balaban J connectivity index is 2.53. The molecule has 0 aliphatic heterocycles. The minimum Gasteiger partial charge on any atom is -0.496 e. The fraction of sp³-hybridized carbons (Fsp3) is 0.436. The van der Waals surface area contributed by atoms with Gasteiger partial charge in [-0.3, -0.25) is 0 Å². The monoisotopic (exact) mass is 644 g/mol. The Morgan fingerprint density at radius 1 is 0.435 bits per heavy atom. The molecule has 3 aromatic carbocycles. The maximum atomic E-state index is 6.18. The summed E-state index contributed by atoms with van der Waals surface area (Å²) in [7, 11) is 7.09. The number of ether oxygens (including phenoxy) is 6. The zero-order chi connectivity index (χ0) is 34.4. The largest absolute Gasteiger partial charge is 0.496 e. The molecule has 0 amide bonds. The Morgan fingerprint density at radius 3 is 0.957 bits per heavy atom. The summed E-state index contributed by atoms with van der Waals surface area (Å²) in [5, 5.41) is 4.96. The highest BCUT2D eigenvalue weighted by Gasteiger charge is 2.52. The smallest absolute Gasteiger partial charge is 0.178 e. The van der Waals surface area contributed by atoms with Gasteiger partial charge in [0, 0.05) is 16.7 Å². The van der Waals surface area contributed by atoms with E-state index in [-0.39, 0.29) is 5.92 Å². The molecule has 1 aliphatic rings. The molecule has 46 heavy (non-hydrogen) atoms. The maximum Gasteiger partial charge on any atom is 0.178 e. The first kappa shape index (κ1) is 35.0. The lowest BCUT2D eigenvalue weighted by Gasteiger charge is -2.42. The van der Waals surface area contributed by atoms with E-state index in [0.29, 0.717) is 0 Å². The number of benzene rings is 3. The number of methoxy groups -OCH3 is 6. The number of hydrogen-bond donors (Lipinski definition) is 0. The van der Waals surface area contributed by atoms with Gasteiger partial charge in [0.15, 0.2) is 8.07 Å². The summed E-state index contributed by atoms with van der Waals surface area (Å²) in [6, 6.07) is 6.77. The normalized spacial score (nSPS) is 15.0. The van der Waals surface area contributed by atoms with Crippen molar-refractivity contribution in [2.75, 3.05) is 42.7 Å². The molecule has 1 atom stereocenters. The van der Waals surface area contributed by atoms with Crippen LogP contribution in [0.4, 0.5) is 0 Å². The Bertz CT molecular complexity index is 1600. The van der Waals surface area contributed by atoms with Crippen LogP contribution in [0.15, 0.2) is 40.1 Å². The van der Waals surface area contributed by atoms with Crippen molar-refractivity contribution in [1.82, 2.24) is 0 Å². The molecule has 3 aromatic rings. The van der Waals surface area contributed by atoms with Crippen LogP contribution in [0.5, 0.6) is 34.5 Å². The topological polar surface area (TPSA) is 55.4 Å². The second-order valence-corrected chi connectivity index (χ2v) is 16.2. The molecule has 0 spiro atoms. The molecule has 1 aliphatic carbocycles. The van der Waals surface area contributed by atoms with Gasteiger partial charge in [-0.25, -0.2) is 0 Å². The predicted molar refractivity (Wildman–Crippen MR) is 192 cm³/mol. The van der Waals surface area contributed by atoms with Crippen molar-refractivity contribution < 1.29 is 28.4 Å². The first-order chi connectivity index (χ1) is 21.7. The van der Waals surface area contributed by atoms with Crippen molar-refractivity contribution in [2.24, 2.45) is 5.92 Å². The van der Waals surface area contributed by atoms with Gasteiger partial charge in [-0.15, -0.1) is 0 Å². The molecular weight excluding hydrogens is 593 g/mol. The van der Waals surface area contributed by atoms with Crippen LogP contribution in [0.3, 0.4) is 0 Å². The van der Waals surface area contributed by atoms with Crippen molar-refractivity contribution in [3.05, 3.63) is 73.5 Å². The van der Waals surface area contributed by atoms with Gasteiger partial charge >= 0.3 is 0 Å². The third-order valence-corrected chi connectivity index (χ3v) is 16.3. The second kappa shape index (κ2) is 13.1. The van der Waals surface area contributed by atoms with E-state index in [1.165, 1.54) is 37.5 Å². The van der Waals surface area contributed by atoms with E-state index in [4.69, 9.17) is 28.4 Å². The third kappa shape index (κ3) is 4.89. The second-order valence-electron chi connectivity index (χ2n) is 12.5. The Kier molecular flexibility index (Phi) is 9.98. The molecule has 0 heterocycles. The van der Waals surface area contributed by atoms with E-state index in [1.807, 2.05) is 0 Å². The van der Waals surface area contributed by atoms with Crippen LogP contribution >= 0.6 is 0 Å². The molecule has 0 bridgehead atoms. The molecule has 7 heteroatoms. The van der Waals surface area contributed by atoms with Gasteiger partial charge in [-0.05, 0) is 124 Å². The summed E-state index contributed by atoms with van der Waals surface area (Å²) >= 11 is 0. The summed E-state index contributed by atoms with van der Waals surface area (Å²) in [5.41, 5.74) is 10.2. The predicted octanol–water partition coefficient (Wildman–Crippen LogP) is 6.90. The summed E-state index contributed by atoms with van der Waals surface area (Å²) in [5.74, 6) is 4.99. The number of allylic oxidation sites excluding steroid dienone is 4. The lowest BCUT2D eigenvalue weighted by Crippen LogP contribution is -2.71. The average molecular weight is 645 g/mol. The van der Waals surface area contributed by atoms with Gasteiger partial charge < -0.3 is 28.4 Å². The van der Waals surface area contributed by atoms with Gasteiger partial charge in [0.25, 0.3) is 0 Å². The van der Waals surface area contributed by atoms with Crippen LogP contribution in [0.25, 0.3) is 0 Å². The molecule has 248 valence electrons. The van der Waals surface area contributed by atoms with E-state index in [2.05, 4.69) is 87.4 Å². The summed E-state index contributed by atoms with van der Waals surface area (Å²) in [4.78, 5) is 0. The molecule has 4 rings (SSSR count). The Morgan fingerprint density at radius 2 is 0.739 bits per heavy atom. The van der Waals surface area contributed by atoms with Crippen LogP contribution in [-0.2, 0) is 0 Å². The molecular formula is C39H52O6Si. The Hall–Kier alpha value is -3.84. The SMILES string of the molecule is COc1cc([Si](C2=C(C)C(C)=C(C)C2C)(c2cc(OC)c(C)c(OC)c2C)c2cc(OC)c(C)c(OC)c2C)c(C)c(OC)c1C. The molecule has 0 aromatic heterocycles. The van der Waals surface area contributed by atoms with Crippen molar-refractivity contribution in [2.45, 2.75) is 69.2 Å². The van der Waals surface area contributed by atoms with Crippen LogP contribution < -0.4 is 44.0 Å². The fourth-order valence-electron chi connectivity index (χ4n) is 8.15.